The summed E-state index contributed by atoms with van der Waals surface area (Å²) in [5.74, 6) is -0.924. The Labute approximate surface area is 264 Å². The molecule has 2 amide bonds. The van der Waals surface area contributed by atoms with E-state index in [1.807, 2.05) is 61.7 Å². The van der Waals surface area contributed by atoms with Crippen molar-refractivity contribution in [3.8, 4) is 5.75 Å². The summed E-state index contributed by atoms with van der Waals surface area (Å²) in [7, 11) is 0. The van der Waals surface area contributed by atoms with Crippen LogP contribution in [0.15, 0.2) is 103 Å². The van der Waals surface area contributed by atoms with Gasteiger partial charge in [-0.25, -0.2) is 4.39 Å². The number of carbonyl (C=O) groups excluding carboxylic acids is 2. The molecule has 0 aliphatic heterocycles. The number of fused-ring (bicyclic) bond motifs is 1. The predicted octanol–water partition coefficient (Wildman–Crippen LogP) is 7.64. The predicted molar refractivity (Wildman–Crippen MR) is 168 cm³/mol. The Morgan fingerprint density at radius 2 is 1.50 bits per heavy atom. The zero-order valence-electron chi connectivity index (χ0n) is 25.2. The molecule has 0 fully saturated rings. The van der Waals surface area contributed by atoms with Crippen molar-refractivity contribution in [1.29, 1.82) is 0 Å². The minimum Gasteiger partial charge on any atom is -0.494 e. The number of rotatable bonds is 12. The van der Waals surface area contributed by atoms with Crippen LogP contribution in [-0.4, -0.2) is 46.3 Å². The lowest BCUT2D eigenvalue weighted by molar-refractivity contribution is -0.137. The van der Waals surface area contributed by atoms with Gasteiger partial charge >= 0.3 is 6.18 Å². The lowest BCUT2D eigenvalue weighted by Crippen LogP contribution is -2.43. The third-order valence-electron chi connectivity index (χ3n) is 7.62. The molecule has 1 heterocycles. The van der Waals surface area contributed by atoms with Crippen molar-refractivity contribution in [2.75, 3.05) is 19.7 Å². The van der Waals surface area contributed by atoms with E-state index in [-0.39, 0.29) is 18.7 Å². The Hall–Kier alpha value is -5.12. The highest BCUT2D eigenvalue weighted by Gasteiger charge is 2.32. The first-order chi connectivity index (χ1) is 22.1. The Bertz CT molecular complexity index is 1780. The number of nitrogens with one attached hydrogen (secondary N) is 1. The number of hydrogen-bond donors (Lipinski definition) is 1. The van der Waals surface area contributed by atoms with Gasteiger partial charge in [0.2, 0.25) is 5.91 Å². The van der Waals surface area contributed by atoms with Crippen molar-refractivity contribution in [1.82, 2.24) is 14.8 Å². The number of ether oxygens (including phenoxy) is 1. The van der Waals surface area contributed by atoms with Crippen LogP contribution in [-0.2, 0) is 30.5 Å². The third kappa shape index (κ3) is 8.12. The lowest BCUT2D eigenvalue weighted by Gasteiger charge is -2.28. The molecule has 0 radical (unpaired) electrons. The highest BCUT2D eigenvalue weighted by Crippen LogP contribution is 2.30. The summed E-state index contributed by atoms with van der Waals surface area (Å²) in [6.07, 6.45) is -2.22. The van der Waals surface area contributed by atoms with E-state index in [0.717, 1.165) is 40.2 Å². The maximum absolute atomic E-state index is 14.0. The molecule has 1 N–H and O–H groups in total. The SMILES string of the molecule is CCOc1ccc(CN(CCc2c[nH]c3ccccc23)C(=O)CN(Cc2ccc(F)cc2)C(=O)c2cccc(C(F)(F)F)c2)cc1. The van der Waals surface area contributed by atoms with E-state index in [2.05, 4.69) is 4.98 Å². The van der Waals surface area contributed by atoms with Crippen LogP contribution in [0.1, 0.15) is 39.5 Å². The Morgan fingerprint density at radius 1 is 0.826 bits per heavy atom. The van der Waals surface area contributed by atoms with Crippen LogP contribution in [0.3, 0.4) is 0 Å². The fraction of sp³-hybridized carbons (Fsp3) is 0.222. The molecule has 0 saturated carbocycles. The molecule has 4 aromatic carbocycles. The highest BCUT2D eigenvalue weighted by atomic mass is 19.4. The number of benzene rings is 4. The van der Waals surface area contributed by atoms with Crippen LogP contribution in [0.2, 0.25) is 0 Å². The van der Waals surface area contributed by atoms with Gasteiger partial charge < -0.3 is 19.5 Å². The average Bonchev–Trinajstić information content (AvgIpc) is 3.47. The summed E-state index contributed by atoms with van der Waals surface area (Å²) >= 11 is 0. The molecule has 0 spiro atoms. The lowest BCUT2D eigenvalue weighted by atomic mass is 10.1. The number of aromatic amines is 1. The maximum Gasteiger partial charge on any atom is 0.416 e. The largest absolute Gasteiger partial charge is 0.494 e. The summed E-state index contributed by atoms with van der Waals surface area (Å²) in [5.41, 5.74) is 2.17. The second-order valence-electron chi connectivity index (χ2n) is 10.9. The summed E-state index contributed by atoms with van der Waals surface area (Å²) in [6, 6.07) is 24.7. The zero-order valence-corrected chi connectivity index (χ0v) is 25.2. The van der Waals surface area contributed by atoms with Gasteiger partial charge in [-0.15, -0.1) is 0 Å². The molecule has 238 valence electrons. The van der Waals surface area contributed by atoms with Crippen LogP contribution < -0.4 is 4.74 Å². The van der Waals surface area contributed by atoms with Gasteiger partial charge in [0.15, 0.2) is 0 Å². The van der Waals surface area contributed by atoms with Gasteiger partial charge in [0.25, 0.3) is 5.91 Å². The van der Waals surface area contributed by atoms with Crippen LogP contribution in [0, 0.1) is 5.82 Å². The van der Waals surface area contributed by atoms with Crippen molar-refractivity contribution >= 4 is 22.7 Å². The summed E-state index contributed by atoms with van der Waals surface area (Å²) in [5, 5.41) is 1.04. The minimum absolute atomic E-state index is 0.111. The topological polar surface area (TPSA) is 65.6 Å². The molecule has 0 bridgehead atoms. The molecule has 0 saturated heterocycles. The molecule has 46 heavy (non-hydrogen) atoms. The number of aromatic nitrogens is 1. The number of halogens is 4. The highest BCUT2D eigenvalue weighted by molar-refractivity contribution is 5.96. The smallest absolute Gasteiger partial charge is 0.416 e. The summed E-state index contributed by atoms with van der Waals surface area (Å²) in [6.45, 7) is 2.43. The van der Waals surface area contributed by atoms with E-state index in [1.165, 1.54) is 35.2 Å². The first-order valence-electron chi connectivity index (χ1n) is 14.9. The van der Waals surface area contributed by atoms with Crippen LogP contribution >= 0.6 is 0 Å². The average molecular weight is 632 g/mol. The number of hydrogen-bond acceptors (Lipinski definition) is 3. The first kappa shape index (κ1) is 32.3. The van der Waals surface area contributed by atoms with Gasteiger partial charge in [0.1, 0.15) is 18.1 Å². The summed E-state index contributed by atoms with van der Waals surface area (Å²) < 4.78 is 59.6. The van der Waals surface area contributed by atoms with Crippen molar-refractivity contribution in [2.45, 2.75) is 32.6 Å². The van der Waals surface area contributed by atoms with E-state index in [1.54, 1.807) is 4.90 Å². The van der Waals surface area contributed by atoms with Crippen LogP contribution in [0.25, 0.3) is 10.9 Å². The van der Waals surface area contributed by atoms with Crippen molar-refractivity contribution in [2.24, 2.45) is 0 Å². The molecule has 0 aliphatic rings. The van der Waals surface area contributed by atoms with E-state index >= 15 is 0 Å². The monoisotopic (exact) mass is 631 g/mol. The number of amides is 2. The first-order valence-corrected chi connectivity index (χ1v) is 14.9. The van der Waals surface area contributed by atoms with Gasteiger partial charge in [-0.2, -0.15) is 13.2 Å². The second-order valence-corrected chi connectivity index (χ2v) is 10.9. The third-order valence-corrected chi connectivity index (χ3v) is 7.62. The maximum atomic E-state index is 14.0. The number of alkyl halides is 3. The van der Waals surface area contributed by atoms with Gasteiger partial charge in [-0.3, -0.25) is 9.59 Å². The van der Waals surface area contributed by atoms with Crippen LogP contribution in [0.4, 0.5) is 17.6 Å². The molecular weight excluding hydrogens is 598 g/mol. The van der Waals surface area contributed by atoms with Crippen molar-refractivity contribution in [3.63, 3.8) is 0 Å². The van der Waals surface area contributed by atoms with E-state index in [9.17, 15) is 27.2 Å². The Kier molecular flexibility index (Phi) is 10.0. The molecule has 5 aromatic rings. The zero-order chi connectivity index (χ0) is 32.7. The van der Waals surface area contributed by atoms with Gasteiger partial charge in [0.05, 0.1) is 12.2 Å². The quantitative estimate of drug-likeness (QED) is 0.144. The summed E-state index contributed by atoms with van der Waals surface area (Å²) in [4.78, 5) is 33.8. The molecule has 0 atom stereocenters. The Balaban J connectivity index is 1.42. The van der Waals surface area contributed by atoms with E-state index < -0.39 is 35.9 Å². The van der Waals surface area contributed by atoms with Gasteiger partial charge in [0, 0.05) is 42.3 Å². The molecule has 10 heteroatoms. The van der Waals surface area contributed by atoms with Gasteiger partial charge in [-0.1, -0.05) is 48.5 Å². The van der Waals surface area contributed by atoms with Gasteiger partial charge in [-0.05, 0) is 78.6 Å². The number of carbonyl (C=O) groups is 2. The van der Waals surface area contributed by atoms with E-state index in [0.29, 0.717) is 30.9 Å². The van der Waals surface area contributed by atoms with Crippen LogP contribution in [0.5, 0.6) is 5.75 Å². The molecule has 0 unspecified atom stereocenters. The van der Waals surface area contributed by atoms with Crippen molar-refractivity contribution in [3.05, 3.63) is 137 Å². The van der Waals surface area contributed by atoms with E-state index in [4.69, 9.17) is 4.74 Å². The molecular formula is C36H33F4N3O3. The minimum atomic E-state index is -4.65. The molecule has 6 nitrogen and oxygen atoms in total. The second kappa shape index (κ2) is 14.3. The van der Waals surface area contributed by atoms with Crippen molar-refractivity contribution < 1.29 is 31.9 Å². The molecule has 0 aliphatic carbocycles. The molecule has 5 rings (SSSR count). The Morgan fingerprint density at radius 3 is 2.20 bits per heavy atom. The fourth-order valence-electron chi connectivity index (χ4n) is 5.25. The number of para-hydroxylation sites is 1. The number of H-pyrrole nitrogens is 1. The normalized spacial score (nSPS) is 11.4. The standard InChI is InChI=1S/C36H33F4N3O3/c1-2-46-31-16-12-26(13-17-31)22-42(19-18-28-21-41-33-9-4-3-8-32(28)33)34(44)24-43(23-25-10-14-30(37)15-11-25)35(45)27-6-5-7-29(20-27)36(38,39)40/h3-17,20-21,41H,2,18-19,22-24H2,1H3. The molecule has 1 aromatic heterocycles. The fourth-order valence-corrected chi connectivity index (χ4v) is 5.25. The number of nitrogens with zero attached hydrogens (tertiary/aromatic N) is 2.